The molecule has 2 aliphatic rings. The van der Waals surface area contributed by atoms with E-state index in [2.05, 4.69) is 5.32 Å². The third kappa shape index (κ3) is 3.68. The lowest BCUT2D eigenvalue weighted by Crippen LogP contribution is -2.59. The zero-order chi connectivity index (χ0) is 13.7. The van der Waals surface area contributed by atoms with Gasteiger partial charge in [-0.25, -0.2) is 0 Å². The maximum absolute atomic E-state index is 12.3. The Kier molecular flexibility index (Phi) is 5.19. The average molecular weight is 270 g/mol. The molecule has 19 heavy (non-hydrogen) atoms. The van der Waals surface area contributed by atoms with Gasteiger partial charge in [0.05, 0.1) is 6.61 Å². The Morgan fingerprint density at radius 1 is 1.42 bits per heavy atom. The van der Waals surface area contributed by atoms with Crippen LogP contribution in [0.15, 0.2) is 0 Å². The van der Waals surface area contributed by atoms with Crippen molar-refractivity contribution in [3.05, 3.63) is 0 Å². The fourth-order valence-electron chi connectivity index (χ4n) is 3.09. The van der Waals surface area contributed by atoms with Gasteiger partial charge in [0.1, 0.15) is 0 Å². The number of amides is 1. The molecule has 5 heteroatoms. The van der Waals surface area contributed by atoms with Gasteiger partial charge in [-0.2, -0.15) is 0 Å². The van der Waals surface area contributed by atoms with Gasteiger partial charge in [-0.1, -0.05) is 12.8 Å². The van der Waals surface area contributed by atoms with E-state index in [4.69, 9.17) is 4.74 Å². The van der Waals surface area contributed by atoms with Crippen molar-refractivity contribution in [2.75, 3.05) is 33.4 Å². The van der Waals surface area contributed by atoms with Crippen LogP contribution in [-0.2, 0) is 9.53 Å². The van der Waals surface area contributed by atoms with E-state index >= 15 is 0 Å². The van der Waals surface area contributed by atoms with E-state index in [9.17, 15) is 9.90 Å². The van der Waals surface area contributed by atoms with Crippen LogP contribution in [0.3, 0.4) is 0 Å². The molecule has 1 aliphatic carbocycles. The second-order valence-electron chi connectivity index (χ2n) is 5.78. The fourth-order valence-corrected chi connectivity index (χ4v) is 3.09. The lowest BCUT2D eigenvalue weighted by molar-refractivity contribution is -0.157. The first-order chi connectivity index (χ1) is 9.15. The smallest absolute Gasteiger partial charge is 0.255 e. The standard InChI is InChI=1S/C14H26N2O3/c1-19-10-9-16-8-4-7-14(18,13(16)17)11-15-12-5-2-3-6-12/h12,15,18H,2-11H2,1H3. The van der Waals surface area contributed by atoms with E-state index < -0.39 is 5.60 Å². The highest BCUT2D eigenvalue weighted by atomic mass is 16.5. The van der Waals surface area contributed by atoms with Crippen molar-refractivity contribution in [2.45, 2.75) is 50.2 Å². The monoisotopic (exact) mass is 270 g/mol. The molecular formula is C14H26N2O3. The predicted molar refractivity (Wildman–Crippen MR) is 72.9 cm³/mol. The Bertz CT molecular complexity index is 305. The number of likely N-dealkylation sites (tertiary alicyclic amines) is 1. The van der Waals surface area contributed by atoms with Gasteiger partial charge in [-0.3, -0.25) is 4.79 Å². The molecule has 0 aromatic rings. The Morgan fingerprint density at radius 2 is 2.16 bits per heavy atom. The van der Waals surface area contributed by atoms with Crippen molar-refractivity contribution in [1.29, 1.82) is 0 Å². The Balaban J connectivity index is 1.86. The summed E-state index contributed by atoms with van der Waals surface area (Å²) in [6.45, 7) is 2.22. The van der Waals surface area contributed by atoms with Gasteiger partial charge in [-0.15, -0.1) is 0 Å². The highest BCUT2D eigenvalue weighted by molar-refractivity contribution is 5.86. The lowest BCUT2D eigenvalue weighted by Gasteiger charge is -2.38. The van der Waals surface area contributed by atoms with Gasteiger partial charge < -0.3 is 20.1 Å². The van der Waals surface area contributed by atoms with Gasteiger partial charge in [0.25, 0.3) is 5.91 Å². The van der Waals surface area contributed by atoms with E-state index in [1.165, 1.54) is 12.8 Å². The molecule has 5 nitrogen and oxygen atoms in total. The summed E-state index contributed by atoms with van der Waals surface area (Å²) in [5, 5.41) is 13.9. The van der Waals surface area contributed by atoms with Gasteiger partial charge in [0.2, 0.25) is 0 Å². The topological polar surface area (TPSA) is 61.8 Å². The summed E-state index contributed by atoms with van der Waals surface area (Å²) in [7, 11) is 1.63. The SMILES string of the molecule is COCCN1CCCC(O)(CNC2CCCC2)C1=O. The molecule has 2 fully saturated rings. The van der Waals surface area contributed by atoms with Crippen LogP contribution in [-0.4, -0.2) is 60.9 Å². The molecule has 1 unspecified atom stereocenters. The average Bonchev–Trinajstić information content (AvgIpc) is 2.92. The summed E-state index contributed by atoms with van der Waals surface area (Å²) in [6, 6.07) is 0.478. The Morgan fingerprint density at radius 3 is 2.84 bits per heavy atom. The van der Waals surface area contributed by atoms with Crippen molar-refractivity contribution in [3.63, 3.8) is 0 Å². The number of hydrogen-bond donors (Lipinski definition) is 2. The lowest BCUT2D eigenvalue weighted by atomic mass is 9.91. The number of methoxy groups -OCH3 is 1. The molecule has 1 heterocycles. The maximum atomic E-state index is 12.3. The minimum Gasteiger partial charge on any atom is -0.383 e. The van der Waals surface area contributed by atoms with Crippen LogP contribution in [0.2, 0.25) is 0 Å². The molecule has 0 spiro atoms. The van der Waals surface area contributed by atoms with Crippen molar-refractivity contribution in [1.82, 2.24) is 10.2 Å². The van der Waals surface area contributed by atoms with Gasteiger partial charge in [-0.05, 0) is 25.7 Å². The zero-order valence-corrected chi connectivity index (χ0v) is 11.9. The van der Waals surface area contributed by atoms with E-state index in [0.717, 1.165) is 25.8 Å². The molecular weight excluding hydrogens is 244 g/mol. The van der Waals surface area contributed by atoms with E-state index in [1.54, 1.807) is 12.0 Å². The third-order valence-electron chi connectivity index (χ3n) is 4.31. The number of rotatable bonds is 6. The summed E-state index contributed by atoms with van der Waals surface area (Å²) in [5.74, 6) is -0.138. The number of hydrogen-bond acceptors (Lipinski definition) is 4. The molecule has 110 valence electrons. The molecule has 0 radical (unpaired) electrons. The summed E-state index contributed by atoms with van der Waals surface area (Å²) in [6.07, 6.45) is 6.26. The zero-order valence-electron chi connectivity index (χ0n) is 11.9. The number of ether oxygens (including phenoxy) is 1. The minimum atomic E-state index is -1.21. The highest BCUT2D eigenvalue weighted by Gasteiger charge is 2.42. The predicted octanol–water partition coefficient (Wildman–Crippen LogP) is 0.518. The highest BCUT2D eigenvalue weighted by Crippen LogP contribution is 2.24. The van der Waals surface area contributed by atoms with E-state index in [0.29, 0.717) is 32.2 Å². The molecule has 2 N–H and O–H groups in total. The van der Waals surface area contributed by atoms with Crippen LogP contribution >= 0.6 is 0 Å². The number of carbonyl (C=O) groups is 1. The molecule has 1 amide bonds. The van der Waals surface area contributed by atoms with Crippen LogP contribution in [0.1, 0.15) is 38.5 Å². The molecule has 2 rings (SSSR count). The van der Waals surface area contributed by atoms with Crippen molar-refractivity contribution in [2.24, 2.45) is 0 Å². The van der Waals surface area contributed by atoms with Gasteiger partial charge in [0, 0.05) is 32.8 Å². The van der Waals surface area contributed by atoms with Crippen LogP contribution < -0.4 is 5.32 Å². The second kappa shape index (κ2) is 6.68. The van der Waals surface area contributed by atoms with Crippen molar-refractivity contribution < 1.29 is 14.6 Å². The van der Waals surface area contributed by atoms with Crippen LogP contribution in [0.25, 0.3) is 0 Å². The van der Waals surface area contributed by atoms with Gasteiger partial charge in [0.15, 0.2) is 5.60 Å². The van der Waals surface area contributed by atoms with Crippen LogP contribution in [0.5, 0.6) is 0 Å². The number of piperidine rings is 1. The molecule has 1 aliphatic heterocycles. The van der Waals surface area contributed by atoms with E-state index in [1.807, 2.05) is 0 Å². The normalized spacial score (nSPS) is 29.2. The summed E-state index contributed by atoms with van der Waals surface area (Å²) in [5.41, 5.74) is -1.21. The first-order valence-corrected chi connectivity index (χ1v) is 7.40. The first-order valence-electron chi connectivity index (χ1n) is 7.40. The Labute approximate surface area is 115 Å². The van der Waals surface area contributed by atoms with Crippen LogP contribution in [0.4, 0.5) is 0 Å². The third-order valence-corrected chi connectivity index (χ3v) is 4.31. The molecule has 0 aromatic heterocycles. The summed E-state index contributed by atoms with van der Waals surface area (Å²) >= 11 is 0. The second-order valence-corrected chi connectivity index (χ2v) is 5.78. The number of carbonyl (C=O) groups excluding carboxylic acids is 1. The molecule has 1 saturated heterocycles. The fraction of sp³-hybridized carbons (Fsp3) is 0.929. The molecule has 0 aromatic carbocycles. The number of nitrogens with zero attached hydrogens (tertiary/aromatic N) is 1. The van der Waals surface area contributed by atoms with E-state index in [-0.39, 0.29) is 5.91 Å². The quantitative estimate of drug-likeness (QED) is 0.738. The first kappa shape index (κ1) is 14.8. The molecule has 0 bridgehead atoms. The van der Waals surface area contributed by atoms with Crippen LogP contribution in [0, 0.1) is 0 Å². The number of nitrogens with one attached hydrogen (secondary N) is 1. The molecule has 1 saturated carbocycles. The number of aliphatic hydroxyl groups is 1. The largest absolute Gasteiger partial charge is 0.383 e. The summed E-state index contributed by atoms with van der Waals surface area (Å²) in [4.78, 5) is 14.1. The molecule has 1 atom stereocenters. The van der Waals surface area contributed by atoms with Gasteiger partial charge >= 0.3 is 0 Å². The van der Waals surface area contributed by atoms with Crippen molar-refractivity contribution >= 4 is 5.91 Å². The summed E-state index contributed by atoms with van der Waals surface area (Å²) < 4.78 is 5.01. The maximum Gasteiger partial charge on any atom is 0.255 e. The van der Waals surface area contributed by atoms with Crippen molar-refractivity contribution in [3.8, 4) is 0 Å². The minimum absolute atomic E-state index is 0.138. The Hall–Kier alpha value is -0.650.